The zero-order valence-corrected chi connectivity index (χ0v) is 23.0. The predicted molar refractivity (Wildman–Crippen MR) is 145 cm³/mol. The number of ether oxygens (including phenoxy) is 3. The second kappa shape index (κ2) is 13.2. The number of hydrogen-bond acceptors (Lipinski definition) is 12. The number of nitrogens with one attached hydrogen (secondary N) is 1. The smallest absolute Gasteiger partial charge is 0.412 e. The standard InChI is InChI=1S/C25H25ClN7O7P/c26-25-31-22-23(27)28-14-29-24(22)33(25)20-10-18(34)19(39-20)13-37-16-6-8-17(9-7-16)40-41(36)32-30-11-21(35)38-12-15-4-2-1-3-5-15/h1-9,14,18-20,30,34H,10-13H2,(H2,27,28,29). The van der Waals surface area contributed by atoms with E-state index in [0.29, 0.717) is 16.9 Å². The van der Waals surface area contributed by atoms with Gasteiger partial charge in [0.05, 0.1) is 6.10 Å². The van der Waals surface area contributed by atoms with Gasteiger partial charge in [-0.25, -0.2) is 15.0 Å². The van der Waals surface area contributed by atoms with E-state index in [-0.39, 0.29) is 43.0 Å². The first-order valence-electron chi connectivity index (χ1n) is 12.4. The van der Waals surface area contributed by atoms with Crippen molar-refractivity contribution in [2.45, 2.75) is 31.5 Å². The molecule has 1 aliphatic rings. The van der Waals surface area contributed by atoms with Crippen LogP contribution >= 0.6 is 19.8 Å². The van der Waals surface area contributed by atoms with Gasteiger partial charge in [-0.3, -0.25) is 13.9 Å². The molecule has 0 saturated carbocycles. The highest BCUT2D eigenvalue weighted by molar-refractivity contribution is 7.33. The number of nitrogens with zero attached hydrogens (tertiary/aromatic N) is 5. The van der Waals surface area contributed by atoms with E-state index in [1.54, 1.807) is 28.8 Å². The highest BCUT2D eigenvalue weighted by Gasteiger charge is 2.37. The van der Waals surface area contributed by atoms with Crippen molar-refractivity contribution in [3.05, 3.63) is 71.8 Å². The molecule has 1 aliphatic heterocycles. The lowest BCUT2D eigenvalue weighted by Gasteiger charge is -2.17. The number of nitrogen functional groups attached to an aromatic ring is 1. The summed E-state index contributed by atoms with van der Waals surface area (Å²) in [7, 11) is -2.49. The number of esters is 1. The van der Waals surface area contributed by atoms with Crippen LogP contribution < -0.4 is 25.3 Å². The Bertz CT molecular complexity index is 1520. The van der Waals surface area contributed by atoms with E-state index in [4.69, 9.17) is 36.1 Å². The van der Waals surface area contributed by atoms with Gasteiger partial charge in [-0.2, -0.15) is 5.43 Å². The van der Waals surface area contributed by atoms with Crippen LogP contribution in [0.5, 0.6) is 11.5 Å². The third kappa shape index (κ3) is 7.24. The maximum atomic E-state index is 12.1. The zero-order valence-electron chi connectivity index (χ0n) is 21.4. The van der Waals surface area contributed by atoms with Crippen LogP contribution in [0.2, 0.25) is 5.28 Å². The number of anilines is 1. The van der Waals surface area contributed by atoms with Crippen LogP contribution in [0.3, 0.4) is 0 Å². The molecule has 1 fully saturated rings. The minimum atomic E-state index is -2.49. The Morgan fingerprint density at radius 3 is 2.76 bits per heavy atom. The molecule has 1 saturated heterocycles. The van der Waals surface area contributed by atoms with Crippen LogP contribution in [-0.4, -0.2) is 56.0 Å². The Hall–Kier alpha value is -3.91. The van der Waals surface area contributed by atoms with E-state index in [1.165, 1.54) is 6.33 Å². The predicted octanol–water partition coefficient (Wildman–Crippen LogP) is 2.27. The number of rotatable bonds is 11. The molecular weight excluding hydrogens is 577 g/mol. The van der Waals surface area contributed by atoms with Crippen LogP contribution in [0.4, 0.5) is 5.82 Å². The van der Waals surface area contributed by atoms with Gasteiger partial charge in [0.1, 0.15) is 44.2 Å². The maximum absolute atomic E-state index is 12.1. The summed E-state index contributed by atoms with van der Waals surface area (Å²) >= 11 is 6.29. The van der Waals surface area contributed by atoms with Crippen molar-refractivity contribution in [2.24, 2.45) is 4.85 Å². The Morgan fingerprint density at radius 2 is 1.98 bits per heavy atom. The Balaban J connectivity index is 1.07. The number of carbonyl (C=O) groups excluding carboxylic acids is 1. The van der Waals surface area contributed by atoms with E-state index in [9.17, 15) is 14.8 Å². The van der Waals surface area contributed by atoms with Gasteiger partial charge in [-0.1, -0.05) is 30.3 Å². The molecule has 5 rings (SSSR count). The molecule has 41 heavy (non-hydrogen) atoms. The van der Waals surface area contributed by atoms with Gasteiger partial charge in [0.2, 0.25) is 5.28 Å². The van der Waals surface area contributed by atoms with Gasteiger partial charge in [0.15, 0.2) is 22.7 Å². The van der Waals surface area contributed by atoms with Crippen molar-refractivity contribution in [3.8, 4) is 11.5 Å². The molecule has 0 amide bonds. The van der Waals surface area contributed by atoms with Crippen molar-refractivity contribution in [3.63, 3.8) is 0 Å². The van der Waals surface area contributed by atoms with Crippen LogP contribution in [0, 0.1) is 0 Å². The van der Waals surface area contributed by atoms with Crippen LogP contribution in [0.25, 0.3) is 11.2 Å². The van der Waals surface area contributed by atoms with Gasteiger partial charge in [0.25, 0.3) is 0 Å². The number of aromatic nitrogens is 4. The molecule has 214 valence electrons. The number of hydrogen-bond donors (Lipinski definition) is 3. The number of halogens is 1. The highest BCUT2D eigenvalue weighted by Crippen LogP contribution is 2.35. The molecule has 14 nitrogen and oxygen atoms in total. The molecule has 2 aromatic heterocycles. The van der Waals surface area contributed by atoms with Gasteiger partial charge in [-0.15, -0.1) is 0 Å². The third-order valence-corrected chi connectivity index (χ3v) is 6.93. The molecule has 4 unspecified atom stereocenters. The van der Waals surface area contributed by atoms with Gasteiger partial charge in [0, 0.05) is 11.3 Å². The van der Waals surface area contributed by atoms with E-state index in [0.717, 1.165) is 5.56 Å². The summed E-state index contributed by atoms with van der Waals surface area (Å²) in [5.74, 6) is 0.381. The molecule has 3 heterocycles. The second-order valence-electron chi connectivity index (χ2n) is 8.81. The Morgan fingerprint density at radius 1 is 1.22 bits per heavy atom. The van der Waals surface area contributed by atoms with Gasteiger partial charge >= 0.3 is 14.1 Å². The van der Waals surface area contributed by atoms with Crippen molar-refractivity contribution in [1.29, 1.82) is 0 Å². The minimum absolute atomic E-state index is 0.0487. The lowest BCUT2D eigenvalue weighted by Crippen LogP contribution is -2.28. The fraction of sp³-hybridized carbons (Fsp3) is 0.280. The van der Waals surface area contributed by atoms with Crippen LogP contribution in [-0.2, 0) is 20.9 Å². The van der Waals surface area contributed by atoms with E-state index in [2.05, 4.69) is 25.2 Å². The Labute approximate surface area is 239 Å². The van der Waals surface area contributed by atoms with Crippen molar-refractivity contribution in [2.75, 3.05) is 18.9 Å². The average Bonchev–Trinajstić information content (AvgIpc) is 3.51. The fourth-order valence-corrected chi connectivity index (χ4v) is 4.81. The van der Waals surface area contributed by atoms with Crippen molar-refractivity contribution >= 4 is 42.7 Å². The number of carbonyl (C=O) groups is 1. The first-order chi connectivity index (χ1) is 19.9. The molecule has 0 spiro atoms. The number of fused-ring (bicyclic) bond motifs is 1. The SMILES string of the molecule is Nc1ncnc2c1nc(Cl)n2C1CC(O)C(COc2ccc(O/[P+]([O-])=N/NCC(=O)OCc3ccccc3)cc2)O1. The molecule has 2 aromatic carbocycles. The highest BCUT2D eigenvalue weighted by atomic mass is 35.5. The number of nitrogens with two attached hydrogens (primary N) is 1. The molecule has 4 N–H and O–H groups in total. The van der Waals surface area contributed by atoms with E-state index >= 15 is 0 Å². The Kier molecular flexibility index (Phi) is 9.19. The van der Waals surface area contributed by atoms with Crippen molar-refractivity contribution < 1.29 is 33.5 Å². The summed E-state index contributed by atoms with van der Waals surface area (Å²) in [5, 5.41) is 10.7. The first-order valence-corrected chi connectivity index (χ1v) is 13.9. The number of benzene rings is 2. The molecule has 16 heteroatoms. The largest absolute Gasteiger partial charge is 0.574 e. The molecule has 0 aliphatic carbocycles. The summed E-state index contributed by atoms with van der Waals surface area (Å²) in [6.45, 7) is -0.0793. The normalized spacial score (nSPS) is 18.9. The van der Waals surface area contributed by atoms with Crippen LogP contribution in [0.15, 0.2) is 65.8 Å². The van der Waals surface area contributed by atoms with Crippen molar-refractivity contribution in [1.82, 2.24) is 24.9 Å². The summed E-state index contributed by atoms with van der Waals surface area (Å²) in [6, 6.07) is 15.5. The fourth-order valence-electron chi connectivity index (χ4n) is 4.01. The average molecular weight is 602 g/mol. The number of aliphatic hydroxyl groups excluding tert-OH is 1. The minimum Gasteiger partial charge on any atom is -0.574 e. The van der Waals surface area contributed by atoms with Crippen LogP contribution in [0.1, 0.15) is 18.2 Å². The topological polar surface area (TPSA) is 191 Å². The first kappa shape index (κ1) is 28.6. The van der Waals surface area contributed by atoms with E-state index < -0.39 is 32.6 Å². The lowest BCUT2D eigenvalue weighted by atomic mass is 10.2. The maximum Gasteiger partial charge on any atom is 0.412 e. The lowest BCUT2D eigenvalue weighted by molar-refractivity contribution is -0.169. The molecular formula is C25H25ClN7O7P. The summed E-state index contributed by atoms with van der Waals surface area (Å²) < 4.78 is 23.7. The number of aliphatic hydroxyl groups is 1. The number of imidazole rings is 1. The summed E-state index contributed by atoms with van der Waals surface area (Å²) in [6.07, 6.45) is -0.561. The molecule has 0 bridgehead atoms. The van der Waals surface area contributed by atoms with Gasteiger partial charge < -0.3 is 29.9 Å². The molecule has 0 radical (unpaired) electrons. The summed E-state index contributed by atoms with van der Waals surface area (Å²) in [5.41, 5.74) is 9.85. The zero-order chi connectivity index (χ0) is 28.8. The second-order valence-corrected chi connectivity index (χ2v) is 10.0. The molecule has 4 aromatic rings. The van der Waals surface area contributed by atoms with Gasteiger partial charge in [-0.05, 0) is 41.4 Å². The summed E-state index contributed by atoms with van der Waals surface area (Å²) in [4.78, 5) is 39.8. The molecule has 4 atom stereocenters. The van der Waals surface area contributed by atoms with E-state index in [1.807, 2.05) is 30.3 Å². The third-order valence-electron chi connectivity index (χ3n) is 5.99. The quantitative estimate of drug-likeness (QED) is 0.0984. The monoisotopic (exact) mass is 601 g/mol.